The van der Waals surface area contributed by atoms with Gasteiger partial charge in [-0.1, -0.05) is 0 Å². The van der Waals surface area contributed by atoms with Gasteiger partial charge in [-0.05, 0) is 12.1 Å². The van der Waals surface area contributed by atoms with E-state index >= 15 is 0 Å². The third kappa shape index (κ3) is 3.79. The molecule has 3 heterocycles. The van der Waals surface area contributed by atoms with Crippen LogP contribution in [0.25, 0.3) is 5.65 Å². The van der Waals surface area contributed by atoms with Crippen molar-refractivity contribution >= 4 is 58.1 Å². The molecule has 1 saturated carbocycles. The number of nitrogens with zero attached hydrogens (tertiary/aromatic N) is 5. The lowest BCUT2D eigenvalue weighted by molar-refractivity contribution is 0.0949. The first kappa shape index (κ1) is 19.3. The normalized spacial score (nSPS) is 18.2. The number of hydrogen-bond acceptors (Lipinski definition) is 7. The summed E-state index contributed by atoms with van der Waals surface area (Å²) in [4.78, 5) is 29.4. The molecule has 0 aromatic carbocycles. The zero-order valence-corrected chi connectivity index (χ0v) is 17.3. The summed E-state index contributed by atoms with van der Waals surface area (Å²) in [5.74, 6) is 0.445. The van der Waals surface area contributed by atoms with Gasteiger partial charge in [0, 0.05) is 25.7 Å². The Labute approximate surface area is 177 Å². The van der Waals surface area contributed by atoms with Crippen molar-refractivity contribution in [2.75, 3.05) is 17.7 Å². The van der Waals surface area contributed by atoms with Crippen molar-refractivity contribution in [3.8, 4) is 0 Å². The van der Waals surface area contributed by atoms with Gasteiger partial charge in [-0.2, -0.15) is 9.61 Å². The van der Waals surface area contributed by atoms with Crippen molar-refractivity contribution < 1.29 is 9.18 Å². The van der Waals surface area contributed by atoms with Crippen LogP contribution in [-0.2, 0) is 0 Å². The maximum Gasteiger partial charge on any atom is 0.279 e. The van der Waals surface area contributed by atoms with Crippen LogP contribution in [0.2, 0.25) is 0 Å². The molecular weight excluding hydrogens is 494 g/mol. The number of aromatic nitrogens is 4. The van der Waals surface area contributed by atoms with Crippen molar-refractivity contribution in [1.29, 1.82) is 0 Å². The molecule has 12 heteroatoms. The number of halogens is 2. The van der Waals surface area contributed by atoms with Crippen LogP contribution in [0.1, 0.15) is 16.8 Å². The predicted molar refractivity (Wildman–Crippen MR) is 115 cm³/mol. The highest BCUT2D eigenvalue weighted by atomic mass is 127. The van der Waals surface area contributed by atoms with Gasteiger partial charge in [0.15, 0.2) is 5.65 Å². The summed E-state index contributed by atoms with van der Waals surface area (Å²) >= 11 is 1.78. The van der Waals surface area contributed by atoms with Crippen molar-refractivity contribution in [1.82, 2.24) is 24.5 Å². The number of alkyl halides is 1. The number of amides is 1. The molecule has 0 aliphatic heterocycles. The van der Waals surface area contributed by atoms with Crippen LogP contribution < -0.4 is 21.5 Å². The summed E-state index contributed by atoms with van der Waals surface area (Å²) in [5, 5.41) is 12.8. The van der Waals surface area contributed by atoms with Crippen LogP contribution >= 0.6 is 22.9 Å². The fourth-order valence-corrected chi connectivity index (χ4v) is 3.07. The van der Waals surface area contributed by atoms with E-state index in [-0.39, 0.29) is 22.5 Å². The molecule has 1 fully saturated rings. The standard InChI is InChI=1S/C17H16FIN8O2/c1-20-14-6-13(23-11-3-2-4-26(8-21-19)17(11)29)25-15-9(7-22-27(14)15)16(28)24-12-5-10(12)18/h2-4,6-8,10,12,20H,5H2,1H3,(H,23,25)(H,24,28)/t10-,12+/m0/s1. The number of carbonyl (C=O) groups excluding carboxylic acids is 1. The van der Waals surface area contributed by atoms with Gasteiger partial charge in [-0.25, -0.2) is 12.6 Å². The second-order valence-electron chi connectivity index (χ2n) is 6.37. The molecule has 0 spiro atoms. The lowest BCUT2D eigenvalue weighted by Crippen LogP contribution is -2.27. The van der Waals surface area contributed by atoms with E-state index in [9.17, 15) is 14.0 Å². The zero-order chi connectivity index (χ0) is 20.5. The Balaban J connectivity index is 1.72. The number of nitrogens with one attached hydrogen (secondary N) is 3. The molecule has 2 atom stereocenters. The third-order valence-corrected chi connectivity index (χ3v) is 4.66. The van der Waals surface area contributed by atoms with Gasteiger partial charge in [0.05, 0.1) is 35.1 Å². The van der Waals surface area contributed by atoms with Crippen LogP contribution in [0.5, 0.6) is 0 Å². The number of rotatable bonds is 6. The van der Waals surface area contributed by atoms with E-state index in [1.165, 1.54) is 21.6 Å². The average molecular weight is 510 g/mol. The van der Waals surface area contributed by atoms with Gasteiger partial charge in [0.2, 0.25) is 0 Å². The Morgan fingerprint density at radius 2 is 2.28 bits per heavy atom. The molecule has 1 aliphatic rings. The number of carbonyl (C=O) groups is 1. The van der Waals surface area contributed by atoms with Gasteiger partial charge in [-0.3, -0.25) is 14.2 Å². The fraction of sp³-hybridized carbons (Fsp3) is 0.235. The zero-order valence-electron chi connectivity index (χ0n) is 15.1. The molecule has 3 aromatic rings. The van der Waals surface area contributed by atoms with Gasteiger partial charge >= 0.3 is 0 Å². The predicted octanol–water partition coefficient (Wildman–Crippen LogP) is 1.74. The summed E-state index contributed by atoms with van der Waals surface area (Å²) in [5.41, 5.74) is 0.464. The van der Waals surface area contributed by atoms with Crippen molar-refractivity contribution in [3.05, 3.63) is 46.5 Å². The highest BCUT2D eigenvalue weighted by Crippen LogP contribution is 2.26. The Morgan fingerprint density at radius 3 is 2.97 bits per heavy atom. The van der Waals surface area contributed by atoms with Gasteiger partial charge < -0.3 is 16.0 Å². The first-order valence-electron chi connectivity index (χ1n) is 8.66. The van der Waals surface area contributed by atoms with Crippen molar-refractivity contribution in [3.63, 3.8) is 0 Å². The largest absolute Gasteiger partial charge is 0.373 e. The average Bonchev–Trinajstić information content (AvgIpc) is 3.22. The monoisotopic (exact) mass is 510 g/mol. The third-order valence-electron chi connectivity index (χ3n) is 4.41. The Bertz CT molecular complexity index is 1170. The maximum atomic E-state index is 13.1. The number of anilines is 3. The van der Waals surface area contributed by atoms with E-state index in [0.29, 0.717) is 18.1 Å². The number of hydrogen-bond donors (Lipinski definition) is 3. The topological polar surface area (TPSA) is 118 Å². The molecule has 4 rings (SSSR count). The molecular formula is C17H16FIN8O2. The minimum absolute atomic E-state index is 0.215. The summed E-state index contributed by atoms with van der Waals surface area (Å²) in [6.45, 7) is 0. The summed E-state index contributed by atoms with van der Waals surface area (Å²) in [6, 6.07) is 4.50. The summed E-state index contributed by atoms with van der Waals surface area (Å²) in [7, 11) is 1.70. The van der Waals surface area contributed by atoms with E-state index in [2.05, 4.69) is 29.2 Å². The first-order chi connectivity index (χ1) is 14.0. The van der Waals surface area contributed by atoms with E-state index in [0.717, 1.165) is 0 Å². The molecule has 0 unspecified atom stereocenters. The highest BCUT2D eigenvalue weighted by molar-refractivity contribution is 14.1. The second-order valence-corrected chi connectivity index (χ2v) is 6.93. The fourth-order valence-electron chi connectivity index (χ4n) is 2.81. The second kappa shape index (κ2) is 7.77. The maximum absolute atomic E-state index is 13.1. The first-order valence-corrected chi connectivity index (χ1v) is 9.62. The van der Waals surface area contributed by atoms with Gasteiger partial charge in [0.1, 0.15) is 35.4 Å². The van der Waals surface area contributed by atoms with Crippen LogP contribution in [0.15, 0.2) is 38.6 Å². The SMILES string of the molecule is CNc1cc(Nc2cccn(C=NI)c2=O)nc2c(C(=O)N[C@@H]3C[C@@H]3F)cnn12. The summed E-state index contributed by atoms with van der Waals surface area (Å²) < 4.78 is 19.7. The molecule has 0 bridgehead atoms. The molecule has 0 radical (unpaired) electrons. The quantitative estimate of drug-likeness (QED) is 0.264. The smallest absolute Gasteiger partial charge is 0.279 e. The van der Waals surface area contributed by atoms with Crippen molar-refractivity contribution in [2.45, 2.75) is 18.6 Å². The molecule has 1 aliphatic carbocycles. The van der Waals surface area contributed by atoms with E-state index in [4.69, 9.17) is 0 Å². The van der Waals surface area contributed by atoms with E-state index in [1.54, 1.807) is 54.3 Å². The van der Waals surface area contributed by atoms with Crippen LogP contribution in [0.3, 0.4) is 0 Å². The molecule has 3 N–H and O–H groups in total. The molecule has 150 valence electrons. The molecule has 0 saturated heterocycles. The number of fused-ring (bicyclic) bond motifs is 1. The molecule has 29 heavy (non-hydrogen) atoms. The Morgan fingerprint density at radius 1 is 1.48 bits per heavy atom. The van der Waals surface area contributed by atoms with Gasteiger partial charge in [0.25, 0.3) is 11.5 Å². The van der Waals surface area contributed by atoms with Crippen LogP contribution in [0, 0.1) is 0 Å². The van der Waals surface area contributed by atoms with E-state index in [1.807, 2.05) is 0 Å². The Hall–Kier alpha value is -3.03. The lowest BCUT2D eigenvalue weighted by atomic mass is 10.3. The van der Waals surface area contributed by atoms with Gasteiger partial charge in [-0.15, -0.1) is 0 Å². The lowest BCUT2D eigenvalue weighted by Gasteiger charge is -2.10. The number of pyridine rings is 1. The van der Waals surface area contributed by atoms with Crippen molar-refractivity contribution in [2.24, 2.45) is 3.21 Å². The minimum Gasteiger partial charge on any atom is -0.373 e. The van der Waals surface area contributed by atoms with Crippen LogP contribution in [0.4, 0.5) is 21.7 Å². The Kier molecular flexibility index (Phi) is 5.17. The molecule has 1 amide bonds. The molecule has 10 nitrogen and oxygen atoms in total. The van der Waals surface area contributed by atoms with Crippen LogP contribution in [-0.4, -0.2) is 50.7 Å². The summed E-state index contributed by atoms with van der Waals surface area (Å²) in [6.07, 6.45) is 3.66. The molecule has 3 aromatic heterocycles. The van der Waals surface area contributed by atoms with E-state index < -0.39 is 18.1 Å². The highest BCUT2D eigenvalue weighted by Gasteiger charge is 2.39. The minimum atomic E-state index is -1.01.